The summed E-state index contributed by atoms with van der Waals surface area (Å²) in [6.07, 6.45) is 6.50. The number of para-hydroxylation sites is 1. The van der Waals surface area contributed by atoms with Crippen molar-refractivity contribution in [2.75, 3.05) is 39.3 Å². The van der Waals surface area contributed by atoms with Gasteiger partial charge in [-0.15, -0.1) is 0 Å². The molecular formula is C72H116N16O14. The summed E-state index contributed by atoms with van der Waals surface area (Å²) in [6, 6.07) is 2.36. The second kappa shape index (κ2) is 45.4. The van der Waals surface area contributed by atoms with E-state index >= 15 is 0 Å². The Kier molecular flexibility index (Phi) is 38.2. The van der Waals surface area contributed by atoms with Gasteiger partial charge in [-0.25, -0.2) is 0 Å². The molecule has 3 aromatic rings. The minimum absolute atomic E-state index is 0.0149. The molecular weight excluding hydrogens is 1310 g/mol. The largest absolute Gasteiger partial charge is 0.480 e. The standard InChI is InChI=1S/C72H116N16O14/c1-9-45(8)61(72(102)78-40-60(90)91)88-70(100)58(38-47-39-77-49-25-14-13-24-48(47)49)86-65(95)53(28-17-20-32-75)81-71(101)59(41-89)87-68(98)56(36-44(6)7)84-69(99)57(37-46-22-11-10-12-23-46)85-64(94)52(27-16-19-31-74)80-66(96)54(34-42(2)3)83-67(97)55(35-43(4)5)82-63(93)51(26-15-18-30-73)79-62(92)50-29-21-33-76-50/h10-14,22-25,39,42-45,50-59,61,76-77,89H,9,15-21,26-38,40-41,73-75H2,1-8H3,(H,78,102)(H,79,92)(H,80,96)(H,81,101)(H,82,93)(H,83,97)(H,84,99)(H,85,94)(H,86,95)(H,87,98)(H,88,100)(H,90,91)/t45-,50-,51-,52-,53-,54-,55-,56-,57-,58-,59-,61-/m0/s1. The number of H-pyrrole nitrogens is 1. The van der Waals surface area contributed by atoms with Crippen LogP contribution in [0.2, 0.25) is 0 Å². The average Bonchev–Trinajstić information content (AvgIpc) is 1.66. The number of rotatable bonds is 48. The van der Waals surface area contributed by atoms with Crippen molar-refractivity contribution < 1.29 is 67.7 Å². The normalized spacial score (nSPS) is 16.1. The summed E-state index contributed by atoms with van der Waals surface area (Å²) < 4.78 is 0. The van der Waals surface area contributed by atoms with Crippen molar-refractivity contribution in [3.63, 3.8) is 0 Å². The third-order valence-electron chi connectivity index (χ3n) is 17.8. The number of carbonyl (C=O) groups is 12. The van der Waals surface area contributed by atoms with Gasteiger partial charge in [-0.1, -0.05) is 110 Å². The number of aliphatic hydroxyl groups excluding tert-OH is 1. The van der Waals surface area contributed by atoms with E-state index in [1.165, 1.54) is 0 Å². The van der Waals surface area contributed by atoms with Gasteiger partial charge in [0.15, 0.2) is 0 Å². The Hall–Kier alpha value is -8.58. The first-order valence-corrected chi connectivity index (χ1v) is 36.2. The molecule has 2 heterocycles. The first-order valence-electron chi connectivity index (χ1n) is 36.2. The molecule has 30 nitrogen and oxygen atoms in total. The van der Waals surface area contributed by atoms with Gasteiger partial charge < -0.3 is 96.2 Å². The van der Waals surface area contributed by atoms with Crippen LogP contribution in [0, 0.1) is 23.7 Å². The second-order valence-corrected chi connectivity index (χ2v) is 27.9. The van der Waals surface area contributed by atoms with Gasteiger partial charge >= 0.3 is 5.97 Å². The minimum atomic E-state index is -1.72. The molecule has 30 heteroatoms. The summed E-state index contributed by atoms with van der Waals surface area (Å²) in [5.41, 5.74) is 19.5. The summed E-state index contributed by atoms with van der Waals surface area (Å²) in [6.45, 7) is 14.3. The number of amides is 11. The summed E-state index contributed by atoms with van der Waals surface area (Å²) in [7, 11) is 0. The molecule has 568 valence electrons. The maximum atomic E-state index is 14.8. The number of aromatic nitrogens is 1. The molecule has 0 spiro atoms. The van der Waals surface area contributed by atoms with E-state index in [0.717, 1.165) is 17.3 Å². The highest BCUT2D eigenvalue weighted by Crippen LogP contribution is 2.21. The highest BCUT2D eigenvalue weighted by atomic mass is 16.4. The number of fused-ring (bicyclic) bond motifs is 1. The van der Waals surface area contributed by atoms with E-state index in [-0.39, 0.29) is 88.1 Å². The van der Waals surface area contributed by atoms with Crippen molar-refractivity contribution in [2.45, 2.75) is 231 Å². The van der Waals surface area contributed by atoms with Gasteiger partial charge in [0.2, 0.25) is 65.0 Å². The third-order valence-corrected chi connectivity index (χ3v) is 17.8. The molecule has 21 N–H and O–H groups in total. The number of unbranched alkanes of at least 4 members (excludes halogenated alkanes) is 3. The van der Waals surface area contributed by atoms with Gasteiger partial charge in [0.25, 0.3) is 0 Å². The number of aliphatic carboxylic acids is 1. The first-order chi connectivity index (χ1) is 48.6. The molecule has 4 rings (SSSR count). The van der Waals surface area contributed by atoms with Crippen LogP contribution in [-0.2, 0) is 70.4 Å². The number of nitrogens with two attached hydrogens (primary N) is 3. The minimum Gasteiger partial charge on any atom is -0.480 e. The maximum absolute atomic E-state index is 14.8. The summed E-state index contributed by atoms with van der Waals surface area (Å²) in [5.74, 6) is -10.5. The molecule has 1 aliphatic heterocycles. The smallest absolute Gasteiger partial charge is 0.322 e. The molecule has 102 heavy (non-hydrogen) atoms. The number of benzene rings is 2. The Bertz CT molecular complexity index is 3180. The van der Waals surface area contributed by atoms with Crippen molar-refractivity contribution in [1.29, 1.82) is 0 Å². The van der Waals surface area contributed by atoms with Crippen LogP contribution in [0.3, 0.4) is 0 Å². The lowest BCUT2D eigenvalue weighted by Gasteiger charge is -2.29. The lowest BCUT2D eigenvalue weighted by Crippen LogP contribution is -2.61. The maximum Gasteiger partial charge on any atom is 0.322 e. The Balaban J connectivity index is 1.60. The molecule has 0 aliphatic carbocycles. The fraction of sp³-hybridized carbons (Fsp3) is 0.639. The van der Waals surface area contributed by atoms with Crippen molar-refractivity contribution in [1.82, 2.24) is 68.8 Å². The molecule has 1 aromatic heterocycles. The lowest BCUT2D eigenvalue weighted by atomic mass is 9.97. The molecule has 12 atom stereocenters. The molecule has 0 unspecified atom stereocenters. The summed E-state index contributed by atoms with van der Waals surface area (Å²) >= 11 is 0. The second-order valence-electron chi connectivity index (χ2n) is 27.9. The molecule has 1 saturated heterocycles. The van der Waals surface area contributed by atoms with Gasteiger partial charge in [-0.2, -0.15) is 0 Å². The van der Waals surface area contributed by atoms with Crippen LogP contribution < -0.4 is 81.0 Å². The van der Waals surface area contributed by atoms with Crippen LogP contribution in [0.25, 0.3) is 10.9 Å². The fourth-order valence-electron chi connectivity index (χ4n) is 12.0. The number of carboxylic acids is 1. The van der Waals surface area contributed by atoms with Crippen LogP contribution in [0.4, 0.5) is 0 Å². The van der Waals surface area contributed by atoms with Crippen LogP contribution in [0.15, 0.2) is 60.8 Å². The average molecular weight is 1430 g/mol. The van der Waals surface area contributed by atoms with Crippen LogP contribution in [0.1, 0.15) is 163 Å². The lowest BCUT2D eigenvalue weighted by molar-refractivity contribution is -0.139. The van der Waals surface area contributed by atoms with E-state index in [1.54, 1.807) is 70.3 Å². The van der Waals surface area contributed by atoms with Crippen LogP contribution in [0.5, 0.6) is 0 Å². The van der Waals surface area contributed by atoms with Crippen LogP contribution >= 0.6 is 0 Å². The number of hydrogen-bond acceptors (Lipinski definition) is 17. The van der Waals surface area contributed by atoms with Gasteiger partial charge in [-0.3, -0.25) is 57.5 Å². The van der Waals surface area contributed by atoms with E-state index < -0.39 is 151 Å². The zero-order chi connectivity index (χ0) is 75.4. The summed E-state index contributed by atoms with van der Waals surface area (Å²) in [4.78, 5) is 172. The molecule has 1 aliphatic rings. The van der Waals surface area contributed by atoms with Gasteiger partial charge in [0.1, 0.15) is 67.0 Å². The number of aromatic amines is 1. The molecule has 1 fully saturated rings. The number of nitrogens with one attached hydrogen (secondary N) is 13. The predicted molar refractivity (Wildman–Crippen MR) is 387 cm³/mol. The van der Waals surface area contributed by atoms with Gasteiger partial charge in [-0.05, 0) is 157 Å². The molecule has 11 amide bonds. The number of aliphatic hydroxyl groups is 1. The fourth-order valence-corrected chi connectivity index (χ4v) is 12.0. The van der Waals surface area contributed by atoms with E-state index in [1.807, 2.05) is 45.9 Å². The van der Waals surface area contributed by atoms with Gasteiger partial charge in [0, 0.05) is 29.9 Å². The highest BCUT2D eigenvalue weighted by Gasteiger charge is 2.38. The summed E-state index contributed by atoms with van der Waals surface area (Å²) in [5, 5.41) is 53.8. The zero-order valence-electron chi connectivity index (χ0n) is 60.7. The van der Waals surface area contributed by atoms with E-state index in [4.69, 9.17) is 17.2 Å². The Morgan fingerprint density at radius 3 is 1.32 bits per heavy atom. The van der Waals surface area contributed by atoms with Crippen LogP contribution in [-0.4, -0.2) is 192 Å². The number of hydrogen-bond donors (Lipinski definition) is 18. The van der Waals surface area contributed by atoms with E-state index in [2.05, 4.69) is 68.8 Å². The quantitative estimate of drug-likeness (QED) is 0.0339. The first kappa shape index (κ1) is 85.8. The predicted octanol–water partition coefficient (Wildman–Crippen LogP) is 0.318. The molecule has 0 saturated carbocycles. The van der Waals surface area contributed by atoms with E-state index in [0.29, 0.717) is 75.6 Å². The van der Waals surface area contributed by atoms with E-state index in [9.17, 15) is 67.7 Å². The van der Waals surface area contributed by atoms with Crippen molar-refractivity contribution in [3.05, 3.63) is 71.9 Å². The Labute approximate surface area is 599 Å². The number of carboxylic acid groups (broad SMARTS) is 1. The molecule has 2 aromatic carbocycles. The van der Waals surface area contributed by atoms with Crippen molar-refractivity contribution >= 4 is 81.9 Å². The van der Waals surface area contributed by atoms with Crippen molar-refractivity contribution in [3.8, 4) is 0 Å². The highest BCUT2D eigenvalue weighted by molar-refractivity contribution is 6.00. The zero-order valence-corrected chi connectivity index (χ0v) is 60.7. The Morgan fingerprint density at radius 2 is 0.882 bits per heavy atom. The monoisotopic (exact) mass is 1430 g/mol. The van der Waals surface area contributed by atoms with Gasteiger partial charge in [0.05, 0.1) is 12.6 Å². The number of carbonyl (C=O) groups excluding carboxylic acids is 11. The van der Waals surface area contributed by atoms with Crippen molar-refractivity contribution in [2.24, 2.45) is 40.9 Å². The topological polar surface area (TPSA) is 484 Å². The molecule has 0 bridgehead atoms. The third kappa shape index (κ3) is 29.8. The molecule has 0 radical (unpaired) electrons. The SMILES string of the molecule is CC[C@H](C)[C@H](NC(=O)[C@H](Cc1c[nH]c2ccccc12)NC(=O)[C@H](CCCCN)NC(=O)[C@H](CO)NC(=O)[C@H](CC(C)C)NC(=O)[C@H](Cc1ccccc1)NC(=O)[C@H](CCCCN)NC(=O)[C@H](CC(C)C)NC(=O)[C@H](CC(C)C)NC(=O)[C@H](CCCCN)NC(=O)[C@@H]1CCCN1)C(=O)NCC(=O)O. The Morgan fingerprint density at radius 1 is 0.480 bits per heavy atom.